The molecule has 0 fully saturated rings. The Morgan fingerprint density at radius 1 is 1.20 bits per heavy atom. The van der Waals surface area contributed by atoms with Crippen molar-refractivity contribution in [3.05, 3.63) is 64.2 Å². The van der Waals surface area contributed by atoms with Crippen LogP contribution in [0.25, 0.3) is 0 Å². The molecule has 2 aromatic carbocycles. The van der Waals surface area contributed by atoms with Crippen LogP contribution in [0.5, 0.6) is 5.75 Å². The zero-order chi connectivity index (χ0) is 14.5. The fourth-order valence-corrected chi connectivity index (χ4v) is 2.01. The average Bonchev–Trinajstić information content (AvgIpc) is 2.40. The molecule has 2 rings (SSSR count). The third-order valence-electron chi connectivity index (χ3n) is 2.74. The van der Waals surface area contributed by atoms with Crippen LogP contribution in [0.1, 0.15) is 11.1 Å². The molecule has 0 aliphatic rings. The van der Waals surface area contributed by atoms with Crippen LogP contribution in [0.3, 0.4) is 0 Å². The Hall–Kier alpha value is -1.65. The van der Waals surface area contributed by atoms with Crippen LogP contribution < -0.4 is 10.1 Å². The van der Waals surface area contributed by atoms with Crippen molar-refractivity contribution in [2.45, 2.75) is 13.2 Å². The highest BCUT2D eigenvalue weighted by atomic mass is 35.5. The van der Waals surface area contributed by atoms with E-state index in [9.17, 15) is 8.78 Å². The Kier molecular flexibility index (Phi) is 4.93. The summed E-state index contributed by atoms with van der Waals surface area (Å²) in [5.41, 5.74) is 1.29. The van der Waals surface area contributed by atoms with E-state index in [1.54, 1.807) is 25.2 Å². The Morgan fingerprint density at radius 2 is 2.00 bits per heavy atom. The van der Waals surface area contributed by atoms with Crippen LogP contribution >= 0.6 is 11.6 Å². The zero-order valence-corrected chi connectivity index (χ0v) is 11.7. The predicted octanol–water partition coefficient (Wildman–Crippen LogP) is 3.92. The van der Waals surface area contributed by atoms with Crippen LogP contribution in [-0.2, 0) is 13.2 Å². The first-order chi connectivity index (χ1) is 9.60. The number of benzene rings is 2. The van der Waals surface area contributed by atoms with Crippen molar-refractivity contribution in [1.29, 1.82) is 0 Å². The summed E-state index contributed by atoms with van der Waals surface area (Å²) in [4.78, 5) is 0. The summed E-state index contributed by atoms with van der Waals surface area (Å²) in [7, 11) is 1.78. The molecule has 0 heterocycles. The van der Waals surface area contributed by atoms with Gasteiger partial charge in [-0.15, -0.1) is 0 Å². The quantitative estimate of drug-likeness (QED) is 0.903. The van der Waals surface area contributed by atoms with Gasteiger partial charge in [-0.3, -0.25) is 0 Å². The first-order valence-electron chi connectivity index (χ1n) is 6.10. The molecular formula is C15H14ClF2NO. The number of nitrogens with one attached hydrogen (secondary N) is 1. The summed E-state index contributed by atoms with van der Waals surface area (Å²) in [6, 6.07) is 8.94. The van der Waals surface area contributed by atoms with Crippen molar-refractivity contribution >= 4 is 11.6 Å². The maximum absolute atomic E-state index is 13.4. The fraction of sp³-hybridized carbons (Fsp3) is 0.200. The van der Waals surface area contributed by atoms with Crippen molar-refractivity contribution in [2.24, 2.45) is 0 Å². The predicted molar refractivity (Wildman–Crippen MR) is 74.9 cm³/mol. The molecule has 0 radical (unpaired) electrons. The van der Waals surface area contributed by atoms with Gasteiger partial charge in [0.15, 0.2) is 0 Å². The standard InChI is InChI=1S/C15H14ClF2NO/c1-19-8-10-5-12(17)7-13(6-10)20-9-11-3-2-4-14(18)15(11)16/h2-7,19H,8-9H2,1H3. The van der Waals surface area contributed by atoms with Gasteiger partial charge in [0.25, 0.3) is 0 Å². The van der Waals surface area contributed by atoms with Crippen LogP contribution in [0.2, 0.25) is 5.02 Å². The van der Waals surface area contributed by atoms with E-state index in [1.165, 1.54) is 18.2 Å². The first kappa shape index (κ1) is 14.8. The molecule has 5 heteroatoms. The Bertz CT molecular complexity index is 604. The van der Waals surface area contributed by atoms with Crippen LogP contribution in [0.4, 0.5) is 8.78 Å². The lowest BCUT2D eigenvalue weighted by Crippen LogP contribution is -2.06. The summed E-state index contributed by atoms with van der Waals surface area (Å²) < 4.78 is 32.2. The molecule has 20 heavy (non-hydrogen) atoms. The topological polar surface area (TPSA) is 21.3 Å². The van der Waals surface area contributed by atoms with E-state index in [-0.39, 0.29) is 17.4 Å². The van der Waals surface area contributed by atoms with Gasteiger partial charge >= 0.3 is 0 Å². The van der Waals surface area contributed by atoms with Gasteiger partial charge in [0.1, 0.15) is 24.0 Å². The highest BCUT2D eigenvalue weighted by Crippen LogP contribution is 2.23. The molecule has 2 nitrogen and oxygen atoms in total. The second-order valence-corrected chi connectivity index (χ2v) is 4.71. The summed E-state index contributed by atoms with van der Waals surface area (Å²) in [6.45, 7) is 0.619. The number of ether oxygens (including phenoxy) is 1. The van der Waals surface area contributed by atoms with Gasteiger partial charge in [0.05, 0.1) is 5.02 Å². The lowest BCUT2D eigenvalue weighted by molar-refractivity contribution is 0.303. The lowest BCUT2D eigenvalue weighted by atomic mass is 10.2. The van der Waals surface area contributed by atoms with Gasteiger partial charge in [-0.1, -0.05) is 23.7 Å². The normalized spacial score (nSPS) is 10.6. The van der Waals surface area contributed by atoms with Gasteiger partial charge in [-0.25, -0.2) is 8.78 Å². The summed E-state index contributed by atoms with van der Waals surface area (Å²) >= 11 is 5.83. The molecule has 0 spiro atoms. The molecule has 106 valence electrons. The van der Waals surface area contributed by atoms with Crippen molar-refractivity contribution in [3.63, 3.8) is 0 Å². The molecule has 0 aliphatic heterocycles. The molecular weight excluding hydrogens is 284 g/mol. The number of hydrogen-bond acceptors (Lipinski definition) is 2. The summed E-state index contributed by atoms with van der Waals surface area (Å²) in [5, 5.41) is 2.96. The van der Waals surface area contributed by atoms with E-state index in [0.29, 0.717) is 17.9 Å². The minimum absolute atomic E-state index is 0.0272. The van der Waals surface area contributed by atoms with Crippen molar-refractivity contribution in [1.82, 2.24) is 5.32 Å². The maximum atomic E-state index is 13.4. The van der Waals surface area contributed by atoms with Crippen LogP contribution in [0.15, 0.2) is 36.4 Å². The minimum Gasteiger partial charge on any atom is -0.489 e. The molecule has 0 aliphatic carbocycles. The molecule has 0 amide bonds. The molecule has 1 N–H and O–H groups in total. The van der Waals surface area contributed by atoms with Gasteiger partial charge in [0, 0.05) is 18.2 Å². The van der Waals surface area contributed by atoms with Crippen LogP contribution in [0, 0.1) is 11.6 Å². The average molecular weight is 298 g/mol. The number of hydrogen-bond donors (Lipinski definition) is 1. The van der Waals surface area contributed by atoms with E-state index in [2.05, 4.69) is 5.32 Å². The Balaban J connectivity index is 2.12. The molecule has 0 bridgehead atoms. The second kappa shape index (κ2) is 6.68. The number of rotatable bonds is 5. The summed E-state index contributed by atoms with van der Waals surface area (Å²) in [5.74, 6) is -0.489. The fourth-order valence-electron chi connectivity index (χ4n) is 1.83. The smallest absolute Gasteiger partial charge is 0.142 e. The highest BCUT2D eigenvalue weighted by molar-refractivity contribution is 6.31. The monoisotopic (exact) mass is 297 g/mol. The van der Waals surface area contributed by atoms with Crippen molar-refractivity contribution < 1.29 is 13.5 Å². The third kappa shape index (κ3) is 3.68. The highest BCUT2D eigenvalue weighted by Gasteiger charge is 2.07. The zero-order valence-electron chi connectivity index (χ0n) is 10.9. The Morgan fingerprint density at radius 3 is 2.75 bits per heavy atom. The number of halogens is 3. The molecule has 0 saturated heterocycles. The van der Waals surface area contributed by atoms with Gasteiger partial charge in [-0.05, 0) is 30.8 Å². The third-order valence-corrected chi connectivity index (χ3v) is 3.16. The lowest BCUT2D eigenvalue weighted by Gasteiger charge is -2.10. The van der Waals surface area contributed by atoms with Crippen molar-refractivity contribution in [2.75, 3.05) is 7.05 Å². The van der Waals surface area contributed by atoms with E-state index in [0.717, 1.165) is 5.56 Å². The van der Waals surface area contributed by atoms with Gasteiger partial charge < -0.3 is 10.1 Å². The molecule has 0 saturated carbocycles. The second-order valence-electron chi connectivity index (χ2n) is 4.33. The Labute approximate surface area is 121 Å². The largest absolute Gasteiger partial charge is 0.489 e. The van der Waals surface area contributed by atoms with Crippen molar-refractivity contribution in [3.8, 4) is 5.75 Å². The molecule has 2 aromatic rings. The SMILES string of the molecule is CNCc1cc(F)cc(OCc2cccc(F)c2Cl)c1. The molecule has 0 atom stereocenters. The van der Waals surface area contributed by atoms with Crippen LogP contribution in [-0.4, -0.2) is 7.05 Å². The van der Waals surface area contributed by atoms with E-state index < -0.39 is 5.82 Å². The maximum Gasteiger partial charge on any atom is 0.142 e. The first-order valence-corrected chi connectivity index (χ1v) is 6.47. The van der Waals surface area contributed by atoms with E-state index in [1.807, 2.05) is 0 Å². The molecule has 0 aromatic heterocycles. The van der Waals surface area contributed by atoms with E-state index in [4.69, 9.17) is 16.3 Å². The van der Waals surface area contributed by atoms with Gasteiger partial charge in [0.2, 0.25) is 0 Å². The summed E-state index contributed by atoms with van der Waals surface area (Å²) in [6.07, 6.45) is 0. The molecule has 0 unspecified atom stereocenters. The van der Waals surface area contributed by atoms with Gasteiger partial charge in [-0.2, -0.15) is 0 Å². The van der Waals surface area contributed by atoms with E-state index >= 15 is 0 Å². The minimum atomic E-state index is -0.497.